The molecular formula is C14H28N2O2. The molecule has 3 N–H and O–H groups in total. The SMILES string of the molecule is CC(C)C(O)CCNC(=O)NC1CCCCC1C. The molecule has 3 atom stereocenters. The summed E-state index contributed by atoms with van der Waals surface area (Å²) in [4.78, 5) is 11.7. The lowest BCUT2D eigenvalue weighted by Crippen LogP contribution is -2.46. The molecule has 0 heterocycles. The van der Waals surface area contributed by atoms with Crippen LogP contribution in [0, 0.1) is 11.8 Å². The Labute approximate surface area is 111 Å². The number of hydrogen-bond donors (Lipinski definition) is 3. The van der Waals surface area contributed by atoms with Gasteiger partial charge in [-0.25, -0.2) is 4.79 Å². The van der Waals surface area contributed by atoms with Gasteiger partial charge in [-0.2, -0.15) is 0 Å². The smallest absolute Gasteiger partial charge is 0.315 e. The summed E-state index contributed by atoms with van der Waals surface area (Å²) in [5, 5.41) is 15.5. The van der Waals surface area contributed by atoms with Gasteiger partial charge in [-0.1, -0.05) is 33.6 Å². The summed E-state index contributed by atoms with van der Waals surface area (Å²) >= 11 is 0. The van der Waals surface area contributed by atoms with Crippen LogP contribution in [-0.4, -0.2) is 29.8 Å². The predicted octanol–water partition coefficient (Wildman–Crippen LogP) is 2.27. The number of aliphatic hydroxyl groups excluding tert-OH is 1. The van der Waals surface area contributed by atoms with E-state index in [0.29, 0.717) is 24.9 Å². The van der Waals surface area contributed by atoms with E-state index < -0.39 is 0 Å². The number of amides is 2. The molecule has 3 unspecified atom stereocenters. The molecule has 1 rings (SSSR count). The average molecular weight is 256 g/mol. The monoisotopic (exact) mass is 256 g/mol. The molecule has 0 saturated heterocycles. The van der Waals surface area contributed by atoms with Gasteiger partial charge in [0.1, 0.15) is 0 Å². The third-order valence-corrected chi connectivity index (χ3v) is 3.92. The van der Waals surface area contributed by atoms with E-state index in [4.69, 9.17) is 0 Å². The van der Waals surface area contributed by atoms with Crippen LogP contribution in [0.5, 0.6) is 0 Å². The van der Waals surface area contributed by atoms with Crippen LogP contribution in [0.2, 0.25) is 0 Å². The highest BCUT2D eigenvalue weighted by atomic mass is 16.3. The summed E-state index contributed by atoms with van der Waals surface area (Å²) in [6, 6.07) is 0.221. The van der Waals surface area contributed by atoms with E-state index in [9.17, 15) is 9.90 Å². The number of carbonyl (C=O) groups is 1. The average Bonchev–Trinajstić information content (AvgIpc) is 2.32. The summed E-state index contributed by atoms with van der Waals surface area (Å²) < 4.78 is 0. The van der Waals surface area contributed by atoms with Gasteiger partial charge in [0.05, 0.1) is 6.10 Å². The van der Waals surface area contributed by atoms with Crippen LogP contribution in [-0.2, 0) is 0 Å². The molecule has 0 aromatic rings. The quantitative estimate of drug-likeness (QED) is 0.706. The van der Waals surface area contributed by atoms with Crippen molar-refractivity contribution in [2.45, 2.75) is 65.0 Å². The minimum absolute atomic E-state index is 0.0929. The molecule has 1 saturated carbocycles. The molecule has 0 radical (unpaired) electrons. The van der Waals surface area contributed by atoms with Crippen molar-refractivity contribution in [3.63, 3.8) is 0 Å². The molecule has 0 aliphatic heterocycles. The number of hydrogen-bond acceptors (Lipinski definition) is 2. The van der Waals surface area contributed by atoms with E-state index in [0.717, 1.165) is 6.42 Å². The summed E-state index contributed by atoms with van der Waals surface area (Å²) in [6.45, 7) is 6.70. The van der Waals surface area contributed by atoms with Gasteiger partial charge in [-0.3, -0.25) is 0 Å². The Bertz CT molecular complexity index is 256. The van der Waals surface area contributed by atoms with Crippen LogP contribution in [0.3, 0.4) is 0 Å². The molecule has 0 aromatic heterocycles. The molecule has 0 spiro atoms. The van der Waals surface area contributed by atoms with E-state index in [2.05, 4.69) is 17.6 Å². The number of aliphatic hydroxyl groups is 1. The molecule has 4 heteroatoms. The van der Waals surface area contributed by atoms with Crippen molar-refractivity contribution in [1.29, 1.82) is 0 Å². The van der Waals surface area contributed by atoms with Crippen molar-refractivity contribution < 1.29 is 9.90 Å². The van der Waals surface area contributed by atoms with Crippen molar-refractivity contribution in [3.8, 4) is 0 Å². The van der Waals surface area contributed by atoms with Crippen LogP contribution in [0.15, 0.2) is 0 Å². The lowest BCUT2D eigenvalue weighted by molar-refractivity contribution is 0.116. The van der Waals surface area contributed by atoms with E-state index in [1.807, 2.05) is 13.8 Å². The van der Waals surface area contributed by atoms with Crippen LogP contribution >= 0.6 is 0 Å². The van der Waals surface area contributed by atoms with Gasteiger partial charge in [-0.15, -0.1) is 0 Å². The number of nitrogens with one attached hydrogen (secondary N) is 2. The van der Waals surface area contributed by atoms with Gasteiger partial charge in [0, 0.05) is 12.6 Å². The van der Waals surface area contributed by atoms with Gasteiger partial charge in [0.2, 0.25) is 0 Å². The predicted molar refractivity (Wildman–Crippen MR) is 73.4 cm³/mol. The third-order valence-electron chi connectivity index (χ3n) is 3.92. The zero-order chi connectivity index (χ0) is 13.5. The zero-order valence-corrected chi connectivity index (χ0v) is 11.9. The van der Waals surface area contributed by atoms with Gasteiger partial charge >= 0.3 is 6.03 Å². The Morgan fingerprint density at radius 2 is 2.00 bits per heavy atom. The molecule has 1 aliphatic rings. The zero-order valence-electron chi connectivity index (χ0n) is 11.9. The normalized spacial score (nSPS) is 25.8. The molecule has 18 heavy (non-hydrogen) atoms. The lowest BCUT2D eigenvalue weighted by atomic mass is 9.86. The van der Waals surface area contributed by atoms with Gasteiger partial charge in [0.15, 0.2) is 0 Å². The fourth-order valence-electron chi connectivity index (χ4n) is 2.42. The van der Waals surface area contributed by atoms with E-state index in [1.165, 1.54) is 19.3 Å². The minimum Gasteiger partial charge on any atom is -0.393 e. The second-order valence-corrected chi connectivity index (χ2v) is 5.87. The minimum atomic E-state index is -0.334. The topological polar surface area (TPSA) is 61.4 Å². The van der Waals surface area contributed by atoms with Gasteiger partial charge in [-0.05, 0) is 31.1 Å². The summed E-state index contributed by atoms with van der Waals surface area (Å²) in [7, 11) is 0. The maximum absolute atomic E-state index is 11.7. The van der Waals surface area contributed by atoms with Crippen molar-refractivity contribution in [1.82, 2.24) is 10.6 Å². The molecule has 4 nitrogen and oxygen atoms in total. The largest absolute Gasteiger partial charge is 0.393 e. The molecule has 2 amide bonds. The number of rotatable bonds is 5. The Balaban J connectivity index is 2.17. The van der Waals surface area contributed by atoms with E-state index in [1.54, 1.807) is 0 Å². The van der Waals surface area contributed by atoms with Gasteiger partial charge in [0.25, 0.3) is 0 Å². The van der Waals surface area contributed by atoms with Crippen LogP contribution in [0.25, 0.3) is 0 Å². The van der Waals surface area contributed by atoms with Crippen LogP contribution < -0.4 is 10.6 Å². The fourth-order valence-corrected chi connectivity index (χ4v) is 2.42. The first-order valence-electron chi connectivity index (χ1n) is 7.23. The first-order chi connectivity index (χ1) is 8.50. The van der Waals surface area contributed by atoms with Crippen molar-refractivity contribution in [2.24, 2.45) is 11.8 Å². The Kier molecular flexibility index (Phi) is 6.47. The maximum Gasteiger partial charge on any atom is 0.315 e. The van der Waals surface area contributed by atoms with Crippen molar-refractivity contribution in [3.05, 3.63) is 0 Å². The van der Waals surface area contributed by atoms with E-state index >= 15 is 0 Å². The van der Waals surface area contributed by atoms with Crippen LogP contribution in [0.4, 0.5) is 4.79 Å². The summed E-state index contributed by atoms with van der Waals surface area (Å²) in [5.41, 5.74) is 0. The second-order valence-electron chi connectivity index (χ2n) is 5.87. The fraction of sp³-hybridized carbons (Fsp3) is 0.929. The first kappa shape index (κ1) is 15.3. The Morgan fingerprint density at radius 3 is 2.61 bits per heavy atom. The molecule has 106 valence electrons. The standard InChI is InChI=1S/C14H28N2O2/c1-10(2)13(17)8-9-15-14(18)16-12-7-5-4-6-11(12)3/h10-13,17H,4-9H2,1-3H3,(H2,15,16,18). The Morgan fingerprint density at radius 1 is 1.33 bits per heavy atom. The lowest BCUT2D eigenvalue weighted by Gasteiger charge is -2.29. The van der Waals surface area contributed by atoms with Crippen LogP contribution in [0.1, 0.15) is 52.9 Å². The summed E-state index contributed by atoms with van der Waals surface area (Å²) in [5.74, 6) is 0.819. The van der Waals surface area contributed by atoms with Crippen molar-refractivity contribution >= 4 is 6.03 Å². The highest BCUT2D eigenvalue weighted by Crippen LogP contribution is 2.23. The first-order valence-corrected chi connectivity index (χ1v) is 7.23. The van der Waals surface area contributed by atoms with E-state index in [-0.39, 0.29) is 18.1 Å². The number of carbonyl (C=O) groups excluding carboxylic acids is 1. The number of urea groups is 1. The molecule has 0 aromatic carbocycles. The molecule has 1 fully saturated rings. The van der Waals surface area contributed by atoms with Gasteiger partial charge < -0.3 is 15.7 Å². The third kappa shape index (κ3) is 5.25. The molecule has 0 bridgehead atoms. The molecule has 1 aliphatic carbocycles. The highest BCUT2D eigenvalue weighted by Gasteiger charge is 2.22. The second kappa shape index (κ2) is 7.62. The maximum atomic E-state index is 11.7. The highest BCUT2D eigenvalue weighted by molar-refractivity contribution is 5.74. The molecular weight excluding hydrogens is 228 g/mol. The summed E-state index contributed by atoms with van der Waals surface area (Å²) in [6.07, 6.45) is 5.06. The van der Waals surface area contributed by atoms with Crippen molar-refractivity contribution in [2.75, 3.05) is 6.54 Å². The Hall–Kier alpha value is -0.770.